The summed E-state index contributed by atoms with van der Waals surface area (Å²) in [5.41, 5.74) is 10.5. The SMILES string of the molecule is [N-]=[N+]=Nc1ccc(/C=C/C=CC(=O)c2ccccc2)cc1. The van der Waals surface area contributed by atoms with Gasteiger partial charge in [-0.1, -0.05) is 77.9 Å². The van der Waals surface area contributed by atoms with E-state index in [-0.39, 0.29) is 5.78 Å². The molecule has 0 fully saturated rings. The highest BCUT2D eigenvalue weighted by Gasteiger charge is 1.97. The Hall–Kier alpha value is -3.10. The van der Waals surface area contributed by atoms with Gasteiger partial charge in [-0.05, 0) is 17.2 Å². The minimum absolute atomic E-state index is 0.0287. The molecule has 2 aromatic rings. The summed E-state index contributed by atoms with van der Waals surface area (Å²) in [5, 5.41) is 3.50. The molecule has 2 aromatic carbocycles. The van der Waals surface area contributed by atoms with Crippen molar-refractivity contribution in [3.63, 3.8) is 0 Å². The van der Waals surface area contributed by atoms with Crippen molar-refractivity contribution in [2.24, 2.45) is 5.11 Å². The van der Waals surface area contributed by atoms with E-state index in [9.17, 15) is 4.79 Å². The number of hydrogen-bond donors (Lipinski definition) is 0. The number of carbonyl (C=O) groups excluding carboxylic acids is 1. The Morgan fingerprint density at radius 3 is 2.38 bits per heavy atom. The second kappa shape index (κ2) is 7.48. The van der Waals surface area contributed by atoms with Crippen molar-refractivity contribution in [3.05, 3.63) is 94.4 Å². The lowest BCUT2D eigenvalue weighted by atomic mass is 10.1. The zero-order valence-corrected chi connectivity index (χ0v) is 11.3. The van der Waals surface area contributed by atoms with Crippen LogP contribution >= 0.6 is 0 Å². The quantitative estimate of drug-likeness (QED) is 0.187. The molecule has 4 heteroatoms. The summed E-state index contributed by atoms with van der Waals surface area (Å²) in [5.74, 6) is -0.0287. The van der Waals surface area contributed by atoms with Crippen LogP contribution in [0.2, 0.25) is 0 Å². The van der Waals surface area contributed by atoms with Gasteiger partial charge in [-0.15, -0.1) is 0 Å². The lowest BCUT2D eigenvalue weighted by Gasteiger charge is -1.94. The van der Waals surface area contributed by atoms with Gasteiger partial charge in [-0.3, -0.25) is 4.79 Å². The minimum Gasteiger partial charge on any atom is -0.289 e. The molecule has 0 heterocycles. The summed E-state index contributed by atoms with van der Waals surface area (Å²) in [6.45, 7) is 0. The van der Waals surface area contributed by atoms with Crippen molar-refractivity contribution < 1.29 is 4.79 Å². The van der Waals surface area contributed by atoms with E-state index in [1.54, 1.807) is 36.4 Å². The van der Waals surface area contributed by atoms with Crippen molar-refractivity contribution in [3.8, 4) is 0 Å². The molecule has 0 aliphatic heterocycles. The zero-order chi connectivity index (χ0) is 14.9. The molecule has 4 nitrogen and oxygen atoms in total. The molecule has 0 saturated heterocycles. The van der Waals surface area contributed by atoms with Gasteiger partial charge in [0.15, 0.2) is 5.78 Å². The Morgan fingerprint density at radius 1 is 1.00 bits per heavy atom. The van der Waals surface area contributed by atoms with E-state index in [2.05, 4.69) is 10.0 Å². The maximum Gasteiger partial charge on any atom is 0.185 e. The highest BCUT2D eigenvalue weighted by molar-refractivity contribution is 6.04. The van der Waals surface area contributed by atoms with Gasteiger partial charge in [0.05, 0.1) is 0 Å². The third-order valence-corrected chi connectivity index (χ3v) is 2.76. The van der Waals surface area contributed by atoms with Crippen LogP contribution in [0.15, 0.2) is 77.9 Å². The van der Waals surface area contributed by atoms with Crippen LogP contribution in [-0.2, 0) is 0 Å². The number of ketones is 1. The zero-order valence-electron chi connectivity index (χ0n) is 11.3. The fourth-order valence-corrected chi connectivity index (χ4v) is 1.71. The van der Waals surface area contributed by atoms with E-state index in [4.69, 9.17) is 5.53 Å². The highest BCUT2D eigenvalue weighted by atomic mass is 16.1. The van der Waals surface area contributed by atoms with Crippen molar-refractivity contribution >= 4 is 17.5 Å². The summed E-state index contributed by atoms with van der Waals surface area (Å²) >= 11 is 0. The van der Waals surface area contributed by atoms with Gasteiger partial charge in [0, 0.05) is 16.2 Å². The molecule has 0 bridgehead atoms. The largest absolute Gasteiger partial charge is 0.289 e. The number of allylic oxidation sites excluding steroid dienone is 3. The van der Waals surface area contributed by atoms with E-state index >= 15 is 0 Å². The van der Waals surface area contributed by atoms with Crippen LogP contribution in [0.1, 0.15) is 15.9 Å². The molecule has 0 spiro atoms. The average Bonchev–Trinajstić information content (AvgIpc) is 2.54. The number of hydrogen-bond acceptors (Lipinski definition) is 2. The lowest BCUT2D eigenvalue weighted by Crippen LogP contribution is -1.92. The van der Waals surface area contributed by atoms with Gasteiger partial charge < -0.3 is 0 Å². The molecule has 0 radical (unpaired) electrons. The van der Waals surface area contributed by atoms with Crippen LogP contribution in [0, 0.1) is 0 Å². The summed E-state index contributed by atoms with van der Waals surface area (Å²) in [7, 11) is 0. The van der Waals surface area contributed by atoms with Gasteiger partial charge in [-0.2, -0.15) is 0 Å². The first kappa shape index (κ1) is 14.3. The first-order chi connectivity index (χ1) is 10.3. The monoisotopic (exact) mass is 275 g/mol. The van der Waals surface area contributed by atoms with Crippen molar-refractivity contribution in [1.29, 1.82) is 0 Å². The Morgan fingerprint density at radius 2 is 1.71 bits per heavy atom. The highest BCUT2D eigenvalue weighted by Crippen LogP contribution is 2.14. The predicted octanol–water partition coefficient (Wildman–Crippen LogP) is 5.08. The van der Waals surface area contributed by atoms with Crippen molar-refractivity contribution in [2.45, 2.75) is 0 Å². The van der Waals surface area contributed by atoms with Crippen LogP contribution in [0.4, 0.5) is 5.69 Å². The summed E-state index contributed by atoms with van der Waals surface area (Å²) in [4.78, 5) is 14.5. The van der Waals surface area contributed by atoms with Crippen molar-refractivity contribution in [1.82, 2.24) is 0 Å². The standard InChI is InChI=1S/C17H13N3O/c18-20-19-16-12-10-14(11-13-16)6-4-5-9-17(21)15-7-2-1-3-8-15/h1-13H/b6-4+,9-5?. The number of nitrogens with zero attached hydrogens (tertiary/aromatic N) is 3. The summed E-state index contributed by atoms with van der Waals surface area (Å²) < 4.78 is 0. The van der Waals surface area contributed by atoms with E-state index < -0.39 is 0 Å². The molecule has 0 aliphatic rings. The van der Waals surface area contributed by atoms with Crippen LogP contribution < -0.4 is 0 Å². The molecule has 102 valence electrons. The molecular weight excluding hydrogens is 262 g/mol. The second-order valence-electron chi connectivity index (χ2n) is 4.23. The molecule has 0 aromatic heterocycles. The van der Waals surface area contributed by atoms with Crippen LogP contribution in [0.25, 0.3) is 16.5 Å². The molecule has 0 amide bonds. The number of azide groups is 1. The second-order valence-corrected chi connectivity index (χ2v) is 4.23. The number of rotatable bonds is 5. The van der Waals surface area contributed by atoms with E-state index in [0.29, 0.717) is 11.3 Å². The van der Waals surface area contributed by atoms with Gasteiger partial charge >= 0.3 is 0 Å². The maximum absolute atomic E-state index is 11.8. The molecule has 21 heavy (non-hydrogen) atoms. The van der Waals surface area contributed by atoms with E-state index in [1.165, 1.54) is 6.08 Å². The number of benzene rings is 2. The summed E-state index contributed by atoms with van der Waals surface area (Å²) in [6, 6.07) is 16.3. The lowest BCUT2D eigenvalue weighted by molar-refractivity contribution is 0.104. The molecular formula is C17H13N3O. The normalized spacial score (nSPS) is 10.7. The summed E-state index contributed by atoms with van der Waals surface area (Å²) in [6.07, 6.45) is 6.90. The van der Waals surface area contributed by atoms with Gasteiger partial charge in [-0.25, -0.2) is 0 Å². The van der Waals surface area contributed by atoms with Crippen LogP contribution in [-0.4, -0.2) is 5.78 Å². The van der Waals surface area contributed by atoms with E-state index in [1.807, 2.05) is 36.4 Å². The van der Waals surface area contributed by atoms with Gasteiger partial charge in [0.1, 0.15) is 0 Å². The molecule has 2 rings (SSSR count). The van der Waals surface area contributed by atoms with Crippen molar-refractivity contribution in [2.75, 3.05) is 0 Å². The first-order valence-corrected chi connectivity index (χ1v) is 6.39. The molecule has 0 unspecified atom stereocenters. The fraction of sp³-hybridized carbons (Fsp3) is 0. The van der Waals surface area contributed by atoms with Gasteiger partial charge in [0.25, 0.3) is 0 Å². The van der Waals surface area contributed by atoms with Crippen LogP contribution in [0.3, 0.4) is 0 Å². The topological polar surface area (TPSA) is 65.8 Å². The average molecular weight is 275 g/mol. The third-order valence-electron chi connectivity index (χ3n) is 2.76. The van der Waals surface area contributed by atoms with Crippen LogP contribution in [0.5, 0.6) is 0 Å². The first-order valence-electron chi connectivity index (χ1n) is 6.39. The Labute approximate surface area is 122 Å². The fourth-order valence-electron chi connectivity index (χ4n) is 1.71. The number of carbonyl (C=O) groups is 1. The Balaban J connectivity index is 1.97. The maximum atomic E-state index is 11.8. The molecule has 0 saturated carbocycles. The Kier molecular flexibility index (Phi) is 5.10. The molecule has 0 aliphatic carbocycles. The van der Waals surface area contributed by atoms with E-state index in [0.717, 1.165) is 5.56 Å². The molecule has 0 atom stereocenters. The minimum atomic E-state index is -0.0287. The Bertz CT molecular complexity index is 709. The smallest absolute Gasteiger partial charge is 0.185 e. The third kappa shape index (κ3) is 4.49. The molecule has 0 N–H and O–H groups in total. The predicted molar refractivity (Wildman–Crippen MR) is 84.2 cm³/mol. The van der Waals surface area contributed by atoms with Gasteiger partial charge in [0.2, 0.25) is 0 Å².